The molecule has 7 heteroatoms. The molecule has 1 unspecified atom stereocenters. The van der Waals surface area contributed by atoms with E-state index < -0.39 is 12.1 Å². The first kappa shape index (κ1) is 25.1. The first-order chi connectivity index (χ1) is 17.4. The van der Waals surface area contributed by atoms with E-state index in [4.69, 9.17) is 14.2 Å². The van der Waals surface area contributed by atoms with Gasteiger partial charge in [0.25, 0.3) is 0 Å². The predicted octanol–water partition coefficient (Wildman–Crippen LogP) is 4.61. The van der Waals surface area contributed by atoms with Gasteiger partial charge in [-0.15, -0.1) is 0 Å². The third-order valence-electron chi connectivity index (χ3n) is 6.59. The van der Waals surface area contributed by atoms with Gasteiger partial charge in [-0.1, -0.05) is 36.4 Å². The lowest BCUT2D eigenvalue weighted by molar-refractivity contribution is -0.134. The maximum Gasteiger partial charge on any atom is 0.413 e. The molecule has 0 saturated carbocycles. The zero-order valence-electron chi connectivity index (χ0n) is 21.2. The number of carbonyl (C=O) groups excluding carboxylic acids is 2. The van der Waals surface area contributed by atoms with Crippen LogP contribution in [0, 0.1) is 13.8 Å². The van der Waals surface area contributed by atoms with Gasteiger partial charge >= 0.3 is 6.09 Å². The molecule has 0 radical (unpaired) electrons. The molecule has 1 aliphatic rings. The zero-order valence-corrected chi connectivity index (χ0v) is 21.2. The van der Waals surface area contributed by atoms with E-state index >= 15 is 0 Å². The van der Waals surface area contributed by atoms with Crippen molar-refractivity contribution in [2.24, 2.45) is 0 Å². The second-order valence-electron chi connectivity index (χ2n) is 9.01. The van der Waals surface area contributed by atoms with E-state index in [0.717, 1.165) is 27.8 Å². The van der Waals surface area contributed by atoms with Crippen LogP contribution in [0.4, 0.5) is 4.79 Å². The van der Waals surface area contributed by atoms with E-state index in [1.54, 1.807) is 25.2 Å². The standard InChI is InChI=1S/C29H32N2O5/c1-19-10-11-24(14-20(19)2)36-29(33)30-25(15-21-8-6-5-7-9-21)28(32)31-13-12-22-16-26(34-3)27(35-4)17-23(22)18-31/h5-11,14,16-17,25H,12-13,15,18H2,1-4H3,(H,30,33). The van der Waals surface area contributed by atoms with E-state index in [2.05, 4.69) is 5.32 Å². The highest BCUT2D eigenvalue weighted by molar-refractivity contribution is 5.86. The fourth-order valence-corrected chi connectivity index (χ4v) is 4.40. The topological polar surface area (TPSA) is 77.1 Å². The second kappa shape index (κ2) is 11.2. The zero-order chi connectivity index (χ0) is 25.7. The van der Waals surface area contributed by atoms with Crippen molar-refractivity contribution < 1.29 is 23.8 Å². The average molecular weight is 489 g/mol. The van der Waals surface area contributed by atoms with Gasteiger partial charge in [0.15, 0.2) is 11.5 Å². The highest BCUT2D eigenvalue weighted by Gasteiger charge is 2.30. The summed E-state index contributed by atoms with van der Waals surface area (Å²) in [4.78, 5) is 28.3. The van der Waals surface area contributed by atoms with Crippen molar-refractivity contribution in [2.45, 2.75) is 39.3 Å². The summed E-state index contributed by atoms with van der Waals surface area (Å²) in [6.07, 6.45) is 0.389. The van der Waals surface area contributed by atoms with Crippen molar-refractivity contribution in [3.05, 3.63) is 88.5 Å². The van der Waals surface area contributed by atoms with Crippen molar-refractivity contribution in [2.75, 3.05) is 20.8 Å². The summed E-state index contributed by atoms with van der Waals surface area (Å²) in [5.41, 5.74) is 5.21. The third-order valence-corrected chi connectivity index (χ3v) is 6.59. The Morgan fingerprint density at radius 3 is 2.28 bits per heavy atom. The maximum absolute atomic E-state index is 13.7. The molecular weight excluding hydrogens is 456 g/mol. The molecule has 3 aromatic carbocycles. The van der Waals surface area contributed by atoms with Crippen molar-refractivity contribution >= 4 is 12.0 Å². The molecule has 0 aliphatic carbocycles. The molecule has 4 rings (SSSR count). The van der Waals surface area contributed by atoms with E-state index in [0.29, 0.717) is 43.2 Å². The van der Waals surface area contributed by atoms with Crippen LogP contribution < -0.4 is 19.5 Å². The van der Waals surface area contributed by atoms with Crippen LogP contribution in [0.25, 0.3) is 0 Å². The fourth-order valence-electron chi connectivity index (χ4n) is 4.40. The lowest BCUT2D eigenvalue weighted by Crippen LogP contribution is -2.51. The molecule has 188 valence electrons. The second-order valence-corrected chi connectivity index (χ2v) is 9.01. The van der Waals surface area contributed by atoms with Crippen LogP contribution in [0.5, 0.6) is 17.2 Å². The predicted molar refractivity (Wildman–Crippen MR) is 138 cm³/mol. The summed E-state index contributed by atoms with van der Waals surface area (Å²) in [5, 5.41) is 2.81. The first-order valence-electron chi connectivity index (χ1n) is 12.0. The lowest BCUT2D eigenvalue weighted by atomic mass is 9.97. The van der Waals surface area contributed by atoms with Gasteiger partial charge in [0, 0.05) is 19.5 Å². The minimum absolute atomic E-state index is 0.156. The molecule has 1 atom stereocenters. The quantitative estimate of drug-likeness (QED) is 0.526. The smallest absolute Gasteiger partial charge is 0.413 e. The molecule has 7 nitrogen and oxygen atoms in total. The van der Waals surface area contributed by atoms with Crippen LogP contribution in [0.15, 0.2) is 60.7 Å². The third kappa shape index (κ3) is 5.79. The van der Waals surface area contributed by atoms with E-state index in [-0.39, 0.29) is 5.91 Å². The summed E-state index contributed by atoms with van der Waals surface area (Å²) >= 11 is 0. The van der Waals surface area contributed by atoms with Crippen LogP contribution >= 0.6 is 0 Å². The summed E-state index contributed by atoms with van der Waals surface area (Å²) in [6, 6.07) is 18.2. The average Bonchev–Trinajstić information content (AvgIpc) is 2.89. The normalized spacial score (nSPS) is 13.4. The maximum atomic E-state index is 13.7. The fraction of sp³-hybridized carbons (Fsp3) is 0.310. The Hall–Kier alpha value is -4.00. The monoisotopic (exact) mass is 488 g/mol. The molecule has 0 spiro atoms. The number of methoxy groups -OCH3 is 2. The van der Waals surface area contributed by atoms with Gasteiger partial charge in [0.05, 0.1) is 14.2 Å². The summed E-state index contributed by atoms with van der Waals surface area (Å²) in [6.45, 7) is 4.92. The lowest BCUT2D eigenvalue weighted by Gasteiger charge is -2.32. The Bertz CT molecular complexity index is 1240. The van der Waals surface area contributed by atoms with Crippen LogP contribution in [0.2, 0.25) is 0 Å². The summed E-state index contributed by atoms with van der Waals surface area (Å²) in [5.74, 6) is 1.58. The number of hydrogen-bond acceptors (Lipinski definition) is 5. The molecule has 1 N–H and O–H groups in total. The van der Waals surface area contributed by atoms with Crippen LogP contribution in [-0.2, 0) is 24.2 Å². The van der Waals surface area contributed by atoms with Gasteiger partial charge in [-0.25, -0.2) is 4.79 Å². The Morgan fingerprint density at radius 2 is 1.61 bits per heavy atom. The Kier molecular flexibility index (Phi) is 7.78. The van der Waals surface area contributed by atoms with Gasteiger partial charge in [0.1, 0.15) is 11.8 Å². The SMILES string of the molecule is COc1cc2c(cc1OC)CN(C(=O)C(Cc1ccccc1)NC(=O)Oc1ccc(C)c(C)c1)CC2. The van der Waals surface area contributed by atoms with Crippen molar-refractivity contribution in [1.29, 1.82) is 0 Å². The van der Waals surface area contributed by atoms with Gasteiger partial charge in [0.2, 0.25) is 5.91 Å². The van der Waals surface area contributed by atoms with Gasteiger partial charge in [-0.3, -0.25) is 4.79 Å². The molecule has 1 heterocycles. The number of nitrogens with one attached hydrogen (secondary N) is 1. The van der Waals surface area contributed by atoms with Gasteiger partial charge < -0.3 is 24.4 Å². The van der Waals surface area contributed by atoms with Crippen molar-refractivity contribution in [1.82, 2.24) is 10.2 Å². The molecule has 36 heavy (non-hydrogen) atoms. The van der Waals surface area contributed by atoms with Crippen molar-refractivity contribution in [3.8, 4) is 17.2 Å². The number of benzene rings is 3. The number of carbonyl (C=O) groups is 2. The Balaban J connectivity index is 1.52. The van der Waals surface area contributed by atoms with Crippen LogP contribution in [-0.4, -0.2) is 43.7 Å². The van der Waals surface area contributed by atoms with Crippen LogP contribution in [0.3, 0.4) is 0 Å². The minimum atomic E-state index is -0.770. The van der Waals surface area contributed by atoms with E-state index in [1.165, 1.54) is 0 Å². The highest BCUT2D eigenvalue weighted by Crippen LogP contribution is 2.33. The van der Waals surface area contributed by atoms with Crippen LogP contribution in [0.1, 0.15) is 27.8 Å². The Labute approximate surface area is 212 Å². The molecule has 0 bridgehead atoms. The molecular formula is C29H32N2O5. The number of ether oxygens (including phenoxy) is 3. The van der Waals surface area contributed by atoms with Gasteiger partial charge in [-0.2, -0.15) is 0 Å². The highest BCUT2D eigenvalue weighted by atomic mass is 16.6. The minimum Gasteiger partial charge on any atom is -0.493 e. The number of fused-ring (bicyclic) bond motifs is 1. The summed E-state index contributed by atoms with van der Waals surface area (Å²) < 4.78 is 16.4. The molecule has 0 saturated heterocycles. The number of nitrogens with zero attached hydrogens (tertiary/aromatic N) is 1. The van der Waals surface area contributed by atoms with Gasteiger partial charge in [-0.05, 0) is 72.4 Å². The summed E-state index contributed by atoms with van der Waals surface area (Å²) in [7, 11) is 3.21. The number of hydrogen-bond donors (Lipinski definition) is 1. The Morgan fingerprint density at radius 1 is 0.917 bits per heavy atom. The number of aryl methyl sites for hydroxylation is 2. The molecule has 2 amide bonds. The number of amides is 2. The van der Waals surface area contributed by atoms with E-state index in [9.17, 15) is 9.59 Å². The number of rotatable bonds is 7. The first-order valence-corrected chi connectivity index (χ1v) is 12.0. The molecule has 1 aliphatic heterocycles. The van der Waals surface area contributed by atoms with Crippen molar-refractivity contribution in [3.63, 3.8) is 0 Å². The largest absolute Gasteiger partial charge is 0.493 e. The molecule has 3 aromatic rings. The van der Waals surface area contributed by atoms with E-state index in [1.807, 2.05) is 68.4 Å². The molecule has 0 aromatic heterocycles. The molecule has 0 fully saturated rings.